The highest BCUT2D eigenvalue weighted by molar-refractivity contribution is 14.1. The van der Waals surface area contributed by atoms with Crippen molar-refractivity contribution in [3.63, 3.8) is 0 Å². The fraction of sp³-hybridized carbons (Fsp3) is 0.462. The molecule has 0 spiro atoms. The zero-order chi connectivity index (χ0) is 12.7. The minimum Gasteiger partial charge on any atom is -0.484 e. The Labute approximate surface area is 116 Å². The first-order valence-corrected chi connectivity index (χ1v) is 6.91. The molecule has 0 heterocycles. The van der Waals surface area contributed by atoms with Gasteiger partial charge in [-0.15, -0.1) is 0 Å². The molecule has 0 atom stereocenters. The van der Waals surface area contributed by atoms with Gasteiger partial charge in [-0.25, -0.2) is 0 Å². The van der Waals surface area contributed by atoms with Crippen LogP contribution in [0, 0.1) is 3.57 Å². The van der Waals surface area contributed by atoms with E-state index in [0.29, 0.717) is 0 Å². The van der Waals surface area contributed by atoms with Crippen LogP contribution in [0.15, 0.2) is 24.3 Å². The number of rotatable bonds is 6. The highest BCUT2D eigenvalue weighted by Crippen LogP contribution is 2.13. The first-order valence-electron chi connectivity index (χ1n) is 5.83. The normalized spacial score (nSPS) is 10.4. The van der Waals surface area contributed by atoms with E-state index in [1.54, 1.807) is 0 Å². The zero-order valence-corrected chi connectivity index (χ0v) is 12.4. The van der Waals surface area contributed by atoms with Crippen molar-refractivity contribution in [2.45, 2.75) is 32.7 Å². The van der Waals surface area contributed by atoms with Crippen molar-refractivity contribution in [3.05, 3.63) is 27.8 Å². The molecule has 4 heteroatoms. The Morgan fingerprint density at radius 1 is 1.29 bits per heavy atom. The first kappa shape index (κ1) is 14.3. The summed E-state index contributed by atoms with van der Waals surface area (Å²) in [5.41, 5.74) is 0. The third-order valence-electron chi connectivity index (χ3n) is 2.53. The summed E-state index contributed by atoms with van der Waals surface area (Å²) < 4.78 is 6.55. The van der Waals surface area contributed by atoms with Crippen LogP contribution in [-0.4, -0.2) is 18.6 Å². The molecule has 0 bridgehead atoms. The topological polar surface area (TPSA) is 38.3 Å². The zero-order valence-electron chi connectivity index (χ0n) is 10.2. The number of hydrogen-bond donors (Lipinski definition) is 1. The van der Waals surface area contributed by atoms with Gasteiger partial charge in [0.2, 0.25) is 0 Å². The molecule has 0 aromatic heterocycles. The first-order chi connectivity index (χ1) is 8.15. The molecule has 1 N–H and O–H groups in total. The molecular weight excluding hydrogens is 329 g/mol. The van der Waals surface area contributed by atoms with E-state index in [9.17, 15) is 4.79 Å². The van der Waals surface area contributed by atoms with E-state index in [-0.39, 0.29) is 18.6 Å². The molecule has 3 nitrogen and oxygen atoms in total. The molecule has 17 heavy (non-hydrogen) atoms. The van der Waals surface area contributed by atoms with Crippen molar-refractivity contribution < 1.29 is 9.53 Å². The Morgan fingerprint density at radius 2 is 1.88 bits per heavy atom. The Bertz CT molecular complexity index is 347. The fourth-order valence-corrected chi connectivity index (χ4v) is 1.80. The van der Waals surface area contributed by atoms with Gasteiger partial charge in [0.15, 0.2) is 6.61 Å². The maximum atomic E-state index is 11.6. The van der Waals surface area contributed by atoms with Crippen molar-refractivity contribution in [2.24, 2.45) is 0 Å². The summed E-state index contributed by atoms with van der Waals surface area (Å²) >= 11 is 2.23. The number of halogens is 1. The molecule has 0 aliphatic heterocycles. The molecule has 0 aliphatic rings. The largest absolute Gasteiger partial charge is 0.484 e. The molecule has 0 aliphatic carbocycles. The number of carbonyl (C=O) groups excluding carboxylic acids is 1. The number of benzene rings is 1. The van der Waals surface area contributed by atoms with Crippen LogP contribution < -0.4 is 10.1 Å². The van der Waals surface area contributed by atoms with Crippen LogP contribution in [-0.2, 0) is 4.79 Å². The predicted molar refractivity (Wildman–Crippen MR) is 77.2 cm³/mol. The highest BCUT2D eigenvalue weighted by Gasteiger charge is 2.08. The average molecular weight is 347 g/mol. The summed E-state index contributed by atoms with van der Waals surface area (Å²) in [7, 11) is 0. The summed E-state index contributed by atoms with van der Waals surface area (Å²) in [5, 5.41) is 2.93. The fourth-order valence-electron chi connectivity index (χ4n) is 1.44. The molecule has 94 valence electrons. The van der Waals surface area contributed by atoms with Gasteiger partial charge < -0.3 is 10.1 Å². The molecule has 1 aromatic carbocycles. The van der Waals surface area contributed by atoms with E-state index >= 15 is 0 Å². The van der Waals surface area contributed by atoms with Gasteiger partial charge in [-0.1, -0.05) is 13.8 Å². The van der Waals surface area contributed by atoms with Crippen LogP contribution in [0.2, 0.25) is 0 Å². The molecule has 1 amide bonds. The predicted octanol–water partition coefficient (Wildman–Crippen LogP) is 2.97. The Morgan fingerprint density at radius 3 is 2.41 bits per heavy atom. The van der Waals surface area contributed by atoms with E-state index in [4.69, 9.17) is 4.74 Å². The number of nitrogens with one attached hydrogen (secondary N) is 1. The third kappa shape index (κ3) is 5.39. The quantitative estimate of drug-likeness (QED) is 0.804. The van der Waals surface area contributed by atoms with Crippen LogP contribution in [0.1, 0.15) is 26.7 Å². The van der Waals surface area contributed by atoms with Crippen molar-refractivity contribution >= 4 is 28.5 Å². The van der Waals surface area contributed by atoms with Gasteiger partial charge in [0.25, 0.3) is 5.91 Å². The van der Waals surface area contributed by atoms with Gasteiger partial charge in [0.05, 0.1) is 0 Å². The van der Waals surface area contributed by atoms with Gasteiger partial charge in [0, 0.05) is 9.61 Å². The lowest BCUT2D eigenvalue weighted by Gasteiger charge is -2.14. The molecule has 0 saturated carbocycles. The number of ether oxygens (including phenoxy) is 1. The van der Waals surface area contributed by atoms with Crippen LogP contribution >= 0.6 is 22.6 Å². The van der Waals surface area contributed by atoms with E-state index in [2.05, 4.69) is 41.8 Å². The SMILES string of the molecule is CCC(CC)NC(=O)COc1ccc(I)cc1. The molecular formula is C13H18INO2. The van der Waals surface area contributed by atoms with Crippen molar-refractivity contribution in [3.8, 4) is 5.75 Å². The maximum absolute atomic E-state index is 11.6. The smallest absolute Gasteiger partial charge is 0.258 e. The Kier molecular flexibility index (Phi) is 6.32. The van der Waals surface area contributed by atoms with Gasteiger partial charge >= 0.3 is 0 Å². The van der Waals surface area contributed by atoms with Gasteiger partial charge in [-0.05, 0) is 59.7 Å². The van der Waals surface area contributed by atoms with Crippen LogP contribution in [0.25, 0.3) is 0 Å². The number of carbonyl (C=O) groups is 1. The average Bonchev–Trinajstić information content (AvgIpc) is 2.35. The Balaban J connectivity index is 2.35. The maximum Gasteiger partial charge on any atom is 0.258 e. The second-order valence-corrected chi connectivity index (χ2v) is 5.07. The standard InChI is InChI=1S/C13H18INO2/c1-3-11(4-2)15-13(16)9-17-12-7-5-10(14)6-8-12/h5-8,11H,3-4,9H2,1-2H3,(H,15,16). The lowest BCUT2D eigenvalue weighted by Crippen LogP contribution is -2.37. The van der Waals surface area contributed by atoms with Crippen LogP contribution in [0.4, 0.5) is 0 Å². The minimum atomic E-state index is -0.0581. The van der Waals surface area contributed by atoms with Gasteiger partial charge in [-0.3, -0.25) is 4.79 Å². The molecule has 1 aromatic rings. The molecule has 0 unspecified atom stereocenters. The number of amides is 1. The molecule has 0 fully saturated rings. The van der Waals surface area contributed by atoms with Crippen molar-refractivity contribution in [2.75, 3.05) is 6.61 Å². The molecule has 1 rings (SSSR count). The minimum absolute atomic E-state index is 0.0581. The van der Waals surface area contributed by atoms with E-state index in [0.717, 1.165) is 22.2 Å². The van der Waals surface area contributed by atoms with E-state index in [1.807, 2.05) is 24.3 Å². The summed E-state index contributed by atoms with van der Waals surface area (Å²) in [6.45, 7) is 4.21. The third-order valence-corrected chi connectivity index (χ3v) is 3.25. The summed E-state index contributed by atoms with van der Waals surface area (Å²) in [6, 6.07) is 7.89. The summed E-state index contributed by atoms with van der Waals surface area (Å²) in [6.07, 6.45) is 1.90. The monoisotopic (exact) mass is 347 g/mol. The van der Waals surface area contributed by atoms with E-state index in [1.165, 1.54) is 0 Å². The van der Waals surface area contributed by atoms with Gasteiger partial charge in [-0.2, -0.15) is 0 Å². The van der Waals surface area contributed by atoms with Crippen molar-refractivity contribution in [1.29, 1.82) is 0 Å². The summed E-state index contributed by atoms with van der Waals surface area (Å²) in [4.78, 5) is 11.6. The van der Waals surface area contributed by atoms with Crippen LogP contribution in [0.3, 0.4) is 0 Å². The van der Waals surface area contributed by atoms with E-state index < -0.39 is 0 Å². The number of hydrogen-bond acceptors (Lipinski definition) is 2. The van der Waals surface area contributed by atoms with Crippen molar-refractivity contribution in [1.82, 2.24) is 5.32 Å². The second-order valence-electron chi connectivity index (χ2n) is 3.82. The summed E-state index contributed by atoms with van der Waals surface area (Å²) in [5.74, 6) is 0.669. The Hall–Kier alpha value is -0.780. The molecule has 0 radical (unpaired) electrons. The highest BCUT2D eigenvalue weighted by atomic mass is 127. The lowest BCUT2D eigenvalue weighted by molar-refractivity contribution is -0.123. The van der Waals surface area contributed by atoms with Crippen LogP contribution in [0.5, 0.6) is 5.75 Å². The lowest BCUT2D eigenvalue weighted by atomic mass is 10.2. The second kappa shape index (κ2) is 7.53. The van der Waals surface area contributed by atoms with Gasteiger partial charge in [0.1, 0.15) is 5.75 Å². The molecule has 0 saturated heterocycles.